The number of carbonyl (C=O) groups is 1. The Morgan fingerprint density at radius 2 is 1.90 bits per heavy atom. The van der Waals surface area contributed by atoms with E-state index in [9.17, 15) is 4.79 Å². The van der Waals surface area contributed by atoms with Crippen LogP contribution in [-0.2, 0) is 13.0 Å². The summed E-state index contributed by atoms with van der Waals surface area (Å²) in [5.41, 5.74) is 2.92. The number of hydrogen-bond donors (Lipinski definition) is 1. The second-order valence-electron chi connectivity index (χ2n) is 7.81. The minimum Gasteiger partial charge on any atom is -0.353 e. The fourth-order valence-electron chi connectivity index (χ4n) is 4.29. The maximum atomic E-state index is 13.4. The number of carbonyl (C=O) groups excluding carboxylic acids is 1. The molecule has 5 rings (SSSR count). The average Bonchev–Trinajstić information content (AvgIpc) is 3.40. The minimum absolute atomic E-state index is 0.0293. The van der Waals surface area contributed by atoms with Gasteiger partial charge >= 0.3 is 0 Å². The van der Waals surface area contributed by atoms with Crippen molar-refractivity contribution in [1.29, 1.82) is 0 Å². The number of aromatic amines is 1. The maximum absolute atomic E-state index is 13.4. The molecule has 0 unspecified atom stereocenters. The summed E-state index contributed by atoms with van der Waals surface area (Å²) < 4.78 is 0. The number of hydrogen-bond acceptors (Lipinski definition) is 6. The van der Waals surface area contributed by atoms with E-state index >= 15 is 0 Å². The van der Waals surface area contributed by atoms with Gasteiger partial charge in [-0.05, 0) is 37.1 Å². The number of H-pyrrole nitrogens is 1. The number of fused-ring (bicyclic) bond motifs is 1. The topological polar surface area (TPSA) is 81.2 Å². The van der Waals surface area contributed by atoms with Gasteiger partial charge in [0.05, 0.1) is 12.1 Å². The lowest BCUT2D eigenvalue weighted by atomic mass is 10.1. The van der Waals surface area contributed by atoms with Crippen LogP contribution in [0, 0.1) is 6.92 Å². The molecular weight excluding hydrogens is 378 g/mol. The van der Waals surface area contributed by atoms with Crippen molar-refractivity contribution in [3.05, 3.63) is 65.4 Å². The summed E-state index contributed by atoms with van der Waals surface area (Å²) in [7, 11) is 0. The van der Waals surface area contributed by atoms with Crippen molar-refractivity contribution in [3.8, 4) is 0 Å². The lowest BCUT2D eigenvalue weighted by Gasteiger charge is -2.35. The van der Waals surface area contributed by atoms with E-state index in [4.69, 9.17) is 0 Å². The first kappa shape index (κ1) is 18.7. The molecule has 0 atom stereocenters. The summed E-state index contributed by atoms with van der Waals surface area (Å²) in [4.78, 5) is 28.8. The van der Waals surface area contributed by atoms with E-state index in [1.807, 2.05) is 42.2 Å². The number of para-hydroxylation sites is 1. The quantitative estimate of drug-likeness (QED) is 0.718. The monoisotopic (exact) mass is 403 g/mol. The molecule has 8 nitrogen and oxygen atoms in total. The highest BCUT2D eigenvalue weighted by Crippen LogP contribution is 2.30. The van der Waals surface area contributed by atoms with Gasteiger partial charge in [0, 0.05) is 44.6 Å². The number of nitrogens with one attached hydrogen (secondary N) is 1. The fourth-order valence-corrected chi connectivity index (χ4v) is 4.29. The summed E-state index contributed by atoms with van der Waals surface area (Å²) >= 11 is 0. The predicted molar refractivity (Wildman–Crippen MR) is 115 cm³/mol. The molecule has 1 saturated heterocycles. The van der Waals surface area contributed by atoms with Gasteiger partial charge < -0.3 is 9.80 Å². The largest absolute Gasteiger partial charge is 0.353 e. The zero-order valence-electron chi connectivity index (χ0n) is 17.1. The molecule has 8 heteroatoms. The third kappa shape index (κ3) is 3.54. The van der Waals surface area contributed by atoms with Crippen molar-refractivity contribution in [2.24, 2.45) is 0 Å². The van der Waals surface area contributed by atoms with Gasteiger partial charge in [-0.1, -0.05) is 18.2 Å². The third-order valence-corrected chi connectivity index (χ3v) is 5.83. The van der Waals surface area contributed by atoms with Crippen LogP contribution in [0.25, 0.3) is 0 Å². The van der Waals surface area contributed by atoms with Crippen LogP contribution in [0.2, 0.25) is 0 Å². The highest BCUT2D eigenvalue weighted by atomic mass is 16.2. The van der Waals surface area contributed by atoms with Crippen LogP contribution in [0.1, 0.15) is 27.6 Å². The Hall–Kier alpha value is -3.26. The lowest BCUT2D eigenvalue weighted by molar-refractivity contribution is 0.0989. The number of aryl methyl sites for hydroxylation is 1. The van der Waals surface area contributed by atoms with Gasteiger partial charge in [0.2, 0.25) is 0 Å². The Kier molecular flexibility index (Phi) is 4.92. The smallest absolute Gasteiger partial charge is 0.262 e. The summed E-state index contributed by atoms with van der Waals surface area (Å²) in [5, 5.41) is 7.13. The van der Waals surface area contributed by atoms with Gasteiger partial charge in [0.25, 0.3) is 5.91 Å². The highest BCUT2D eigenvalue weighted by Gasteiger charge is 2.29. The Balaban J connectivity index is 1.30. The van der Waals surface area contributed by atoms with Crippen molar-refractivity contribution < 1.29 is 4.79 Å². The molecule has 154 valence electrons. The first-order valence-corrected chi connectivity index (χ1v) is 10.4. The van der Waals surface area contributed by atoms with Crippen molar-refractivity contribution in [2.45, 2.75) is 19.9 Å². The first-order valence-electron chi connectivity index (χ1n) is 10.4. The zero-order valence-corrected chi connectivity index (χ0v) is 17.1. The molecule has 2 aliphatic rings. The Labute approximate surface area is 175 Å². The Morgan fingerprint density at radius 1 is 1.07 bits per heavy atom. The van der Waals surface area contributed by atoms with Crippen LogP contribution in [0.15, 0.2) is 42.6 Å². The van der Waals surface area contributed by atoms with Crippen molar-refractivity contribution in [1.82, 2.24) is 25.1 Å². The summed E-state index contributed by atoms with van der Waals surface area (Å²) in [6.07, 6.45) is 2.67. The highest BCUT2D eigenvalue weighted by molar-refractivity contribution is 6.10. The fraction of sp³-hybridized carbons (Fsp3) is 0.364. The third-order valence-electron chi connectivity index (χ3n) is 5.83. The number of benzene rings is 1. The summed E-state index contributed by atoms with van der Waals surface area (Å²) in [6.45, 7) is 6.75. The normalized spacial score (nSPS) is 16.7. The molecule has 1 N–H and O–H groups in total. The molecule has 4 heterocycles. The van der Waals surface area contributed by atoms with Crippen LogP contribution in [0.4, 0.5) is 11.5 Å². The van der Waals surface area contributed by atoms with Gasteiger partial charge in [0.15, 0.2) is 5.82 Å². The van der Waals surface area contributed by atoms with E-state index in [1.165, 1.54) is 5.56 Å². The van der Waals surface area contributed by atoms with Gasteiger partial charge in [-0.2, -0.15) is 5.10 Å². The number of aromatic nitrogens is 4. The zero-order chi connectivity index (χ0) is 20.5. The molecule has 30 heavy (non-hydrogen) atoms. The van der Waals surface area contributed by atoms with E-state index in [0.29, 0.717) is 5.56 Å². The van der Waals surface area contributed by atoms with Crippen molar-refractivity contribution in [3.63, 3.8) is 0 Å². The molecule has 0 radical (unpaired) electrons. The van der Waals surface area contributed by atoms with E-state index in [-0.39, 0.29) is 5.91 Å². The molecule has 2 aliphatic heterocycles. The molecule has 0 bridgehead atoms. The van der Waals surface area contributed by atoms with Gasteiger partial charge in [-0.25, -0.2) is 9.97 Å². The lowest BCUT2D eigenvalue weighted by Crippen LogP contribution is -2.47. The van der Waals surface area contributed by atoms with Crippen LogP contribution >= 0.6 is 0 Å². The van der Waals surface area contributed by atoms with E-state index in [2.05, 4.69) is 36.0 Å². The molecule has 2 aromatic heterocycles. The molecule has 1 aromatic carbocycles. The molecule has 3 aromatic rings. The number of amides is 1. The number of piperazine rings is 1. The molecule has 1 amide bonds. The van der Waals surface area contributed by atoms with Gasteiger partial charge in [-0.15, -0.1) is 0 Å². The van der Waals surface area contributed by atoms with Gasteiger partial charge in [0.1, 0.15) is 11.6 Å². The Morgan fingerprint density at radius 3 is 2.70 bits per heavy atom. The van der Waals surface area contributed by atoms with Gasteiger partial charge in [-0.3, -0.25) is 14.8 Å². The van der Waals surface area contributed by atoms with Crippen LogP contribution < -0.4 is 9.80 Å². The van der Waals surface area contributed by atoms with Crippen LogP contribution in [0.3, 0.4) is 0 Å². The SMILES string of the molecule is Cc1nc(CN2CCN(c3ncccc3C(=O)N3CCc4ccccc43)CC2)n[nH]1. The minimum atomic E-state index is 0.0293. The standard InChI is InChI=1S/C22H25N7O/c1-16-24-20(26-25-16)15-27-11-13-28(14-12-27)21-18(6-4-9-23-21)22(30)29-10-8-17-5-2-3-7-19(17)29/h2-7,9H,8,10-15H2,1H3,(H,24,25,26). The summed E-state index contributed by atoms with van der Waals surface area (Å²) in [5.74, 6) is 2.47. The summed E-state index contributed by atoms with van der Waals surface area (Å²) in [6, 6.07) is 11.9. The number of nitrogens with zero attached hydrogens (tertiary/aromatic N) is 6. The molecule has 1 fully saturated rings. The van der Waals surface area contributed by atoms with E-state index in [1.54, 1.807) is 6.20 Å². The number of pyridine rings is 1. The number of rotatable bonds is 4. The molecule has 0 spiro atoms. The van der Waals surface area contributed by atoms with Crippen LogP contribution in [0.5, 0.6) is 0 Å². The second kappa shape index (κ2) is 7.87. The molecule has 0 aliphatic carbocycles. The first-order chi connectivity index (χ1) is 14.7. The van der Waals surface area contributed by atoms with E-state index in [0.717, 1.165) is 68.8 Å². The average molecular weight is 403 g/mol. The Bertz CT molecular complexity index is 1050. The van der Waals surface area contributed by atoms with E-state index < -0.39 is 0 Å². The maximum Gasteiger partial charge on any atom is 0.262 e. The molecular formula is C22H25N7O. The second-order valence-corrected chi connectivity index (χ2v) is 7.81. The number of anilines is 2. The van der Waals surface area contributed by atoms with Crippen molar-refractivity contribution in [2.75, 3.05) is 42.5 Å². The molecule has 0 saturated carbocycles. The predicted octanol–water partition coefficient (Wildman–Crippen LogP) is 2.03. The van der Waals surface area contributed by atoms with Crippen molar-refractivity contribution >= 4 is 17.4 Å². The van der Waals surface area contributed by atoms with Crippen LogP contribution in [-0.4, -0.2) is 63.7 Å².